The zero-order chi connectivity index (χ0) is 15.5. The summed E-state index contributed by atoms with van der Waals surface area (Å²) >= 11 is 0. The van der Waals surface area contributed by atoms with Crippen LogP contribution in [-0.4, -0.2) is 48.8 Å². The molecule has 1 atom stereocenters. The predicted octanol–water partition coefficient (Wildman–Crippen LogP) is 1.53. The van der Waals surface area contributed by atoms with Gasteiger partial charge in [0, 0.05) is 37.6 Å². The second-order valence-corrected chi connectivity index (χ2v) is 5.95. The number of aromatic nitrogens is 4. The van der Waals surface area contributed by atoms with E-state index in [0.717, 1.165) is 37.4 Å². The summed E-state index contributed by atoms with van der Waals surface area (Å²) in [6.45, 7) is 5.60. The molecule has 7 heteroatoms. The highest BCUT2D eigenvalue weighted by Crippen LogP contribution is 2.21. The molecule has 22 heavy (non-hydrogen) atoms. The molecule has 0 unspecified atom stereocenters. The number of rotatable bonds is 5. The number of nitrogens with one attached hydrogen (secondary N) is 1. The molecule has 0 amide bonds. The number of aryl methyl sites for hydroxylation is 1. The molecule has 1 aliphatic heterocycles. The van der Waals surface area contributed by atoms with Gasteiger partial charge in [-0.2, -0.15) is 5.10 Å². The SMILES string of the molecule is Cc1nccn1C[C@H]1CCCN(Cc2cn[nH]c2C(=O)O)C1. The highest BCUT2D eigenvalue weighted by molar-refractivity contribution is 5.86. The summed E-state index contributed by atoms with van der Waals surface area (Å²) < 4.78 is 2.19. The molecule has 7 nitrogen and oxygen atoms in total. The number of imidazole rings is 1. The first-order valence-corrected chi connectivity index (χ1v) is 7.59. The Kier molecular flexibility index (Phi) is 4.24. The second kappa shape index (κ2) is 6.31. The second-order valence-electron chi connectivity index (χ2n) is 5.95. The number of aromatic carboxylic acids is 1. The number of carbonyl (C=O) groups is 1. The van der Waals surface area contributed by atoms with E-state index >= 15 is 0 Å². The van der Waals surface area contributed by atoms with Crippen LogP contribution in [0.3, 0.4) is 0 Å². The minimum absolute atomic E-state index is 0.201. The predicted molar refractivity (Wildman–Crippen MR) is 80.5 cm³/mol. The van der Waals surface area contributed by atoms with Gasteiger partial charge in [0.25, 0.3) is 0 Å². The van der Waals surface area contributed by atoms with Crippen molar-refractivity contribution in [3.8, 4) is 0 Å². The van der Waals surface area contributed by atoms with Gasteiger partial charge in [0.05, 0.1) is 6.20 Å². The molecule has 2 aromatic heterocycles. The number of carboxylic acid groups (broad SMARTS) is 1. The molecule has 0 bridgehead atoms. The van der Waals surface area contributed by atoms with Gasteiger partial charge in [-0.3, -0.25) is 10.00 Å². The molecule has 0 aliphatic carbocycles. The van der Waals surface area contributed by atoms with Gasteiger partial charge in [0.15, 0.2) is 0 Å². The molecule has 2 aromatic rings. The average molecular weight is 303 g/mol. The van der Waals surface area contributed by atoms with Crippen LogP contribution in [0.15, 0.2) is 18.6 Å². The quantitative estimate of drug-likeness (QED) is 0.874. The van der Waals surface area contributed by atoms with E-state index in [9.17, 15) is 4.79 Å². The van der Waals surface area contributed by atoms with Crippen molar-refractivity contribution in [2.24, 2.45) is 5.92 Å². The van der Waals surface area contributed by atoms with Gasteiger partial charge in [-0.05, 0) is 32.2 Å². The number of hydrogen-bond acceptors (Lipinski definition) is 4. The monoisotopic (exact) mass is 303 g/mol. The van der Waals surface area contributed by atoms with E-state index in [4.69, 9.17) is 5.11 Å². The maximum atomic E-state index is 11.1. The largest absolute Gasteiger partial charge is 0.477 e. The summed E-state index contributed by atoms with van der Waals surface area (Å²) in [7, 11) is 0. The lowest BCUT2D eigenvalue weighted by Crippen LogP contribution is -2.36. The van der Waals surface area contributed by atoms with Crippen LogP contribution in [0.25, 0.3) is 0 Å². The van der Waals surface area contributed by atoms with Crippen molar-refractivity contribution in [1.29, 1.82) is 0 Å². The van der Waals surface area contributed by atoms with E-state index in [0.29, 0.717) is 12.5 Å². The first-order valence-electron chi connectivity index (χ1n) is 7.59. The summed E-state index contributed by atoms with van der Waals surface area (Å²) in [6.07, 6.45) is 7.81. The number of aromatic amines is 1. The van der Waals surface area contributed by atoms with Gasteiger partial charge in [0.1, 0.15) is 11.5 Å². The molecule has 1 fully saturated rings. The summed E-state index contributed by atoms with van der Waals surface area (Å²) in [6, 6.07) is 0. The minimum atomic E-state index is -0.949. The summed E-state index contributed by atoms with van der Waals surface area (Å²) in [4.78, 5) is 17.7. The van der Waals surface area contributed by atoms with Crippen molar-refractivity contribution in [2.45, 2.75) is 32.9 Å². The maximum absolute atomic E-state index is 11.1. The normalized spacial score (nSPS) is 19.4. The van der Waals surface area contributed by atoms with Gasteiger partial charge in [-0.1, -0.05) is 0 Å². The lowest BCUT2D eigenvalue weighted by Gasteiger charge is -2.32. The first-order chi connectivity index (χ1) is 10.6. The highest BCUT2D eigenvalue weighted by atomic mass is 16.4. The topological polar surface area (TPSA) is 87.0 Å². The number of nitrogens with zero attached hydrogens (tertiary/aromatic N) is 4. The standard InChI is InChI=1S/C15H21N5O2/c1-11-16-4-6-20(11)9-12-3-2-5-19(8-12)10-13-7-17-18-14(13)15(21)22/h4,6-7,12H,2-3,5,8-10H2,1H3,(H,17,18)(H,21,22)/t12-/m0/s1. The van der Waals surface area contributed by atoms with Crippen LogP contribution in [0.1, 0.15) is 34.7 Å². The Hall–Kier alpha value is -2.15. The molecule has 1 aliphatic rings. The van der Waals surface area contributed by atoms with Gasteiger partial charge >= 0.3 is 5.97 Å². The van der Waals surface area contributed by atoms with Crippen molar-refractivity contribution in [3.63, 3.8) is 0 Å². The van der Waals surface area contributed by atoms with Crippen molar-refractivity contribution in [3.05, 3.63) is 35.7 Å². The van der Waals surface area contributed by atoms with Crippen molar-refractivity contribution >= 4 is 5.97 Å². The van der Waals surface area contributed by atoms with Crippen LogP contribution < -0.4 is 0 Å². The zero-order valence-corrected chi connectivity index (χ0v) is 12.7. The van der Waals surface area contributed by atoms with Gasteiger partial charge < -0.3 is 9.67 Å². The molecule has 0 radical (unpaired) electrons. The number of likely N-dealkylation sites (tertiary alicyclic amines) is 1. The van der Waals surface area contributed by atoms with Gasteiger partial charge in [-0.25, -0.2) is 9.78 Å². The summed E-state index contributed by atoms with van der Waals surface area (Å²) in [5.41, 5.74) is 0.958. The number of piperidine rings is 1. The molecule has 3 rings (SSSR count). The number of H-pyrrole nitrogens is 1. The Labute approximate surface area is 129 Å². The lowest BCUT2D eigenvalue weighted by molar-refractivity contribution is 0.0687. The Morgan fingerprint density at radius 1 is 1.55 bits per heavy atom. The van der Waals surface area contributed by atoms with E-state index in [2.05, 4.69) is 24.6 Å². The van der Waals surface area contributed by atoms with E-state index in [1.165, 1.54) is 6.42 Å². The van der Waals surface area contributed by atoms with Crippen LogP contribution in [0.5, 0.6) is 0 Å². The van der Waals surface area contributed by atoms with E-state index < -0.39 is 5.97 Å². The molecular weight excluding hydrogens is 282 g/mol. The third-order valence-electron chi connectivity index (χ3n) is 4.31. The van der Waals surface area contributed by atoms with Gasteiger partial charge in [0.2, 0.25) is 0 Å². The van der Waals surface area contributed by atoms with Crippen LogP contribution in [0.4, 0.5) is 0 Å². The van der Waals surface area contributed by atoms with Crippen molar-refractivity contribution in [2.75, 3.05) is 13.1 Å². The Morgan fingerprint density at radius 2 is 2.41 bits per heavy atom. The first kappa shape index (κ1) is 14.8. The smallest absolute Gasteiger partial charge is 0.354 e. The Balaban J connectivity index is 1.62. The number of carboxylic acids is 1. The third-order valence-corrected chi connectivity index (χ3v) is 4.31. The summed E-state index contributed by atoms with van der Waals surface area (Å²) in [5, 5.41) is 15.6. The van der Waals surface area contributed by atoms with E-state index in [-0.39, 0.29) is 5.69 Å². The van der Waals surface area contributed by atoms with Crippen LogP contribution in [-0.2, 0) is 13.1 Å². The molecule has 0 saturated carbocycles. The molecule has 1 saturated heterocycles. The van der Waals surface area contributed by atoms with Crippen LogP contribution in [0.2, 0.25) is 0 Å². The fourth-order valence-electron chi connectivity index (χ4n) is 3.18. The molecule has 3 heterocycles. The van der Waals surface area contributed by atoms with E-state index in [1.807, 2.05) is 19.3 Å². The average Bonchev–Trinajstić information content (AvgIpc) is 3.09. The van der Waals surface area contributed by atoms with Crippen molar-refractivity contribution in [1.82, 2.24) is 24.6 Å². The molecule has 2 N–H and O–H groups in total. The molecule has 0 aromatic carbocycles. The zero-order valence-electron chi connectivity index (χ0n) is 12.7. The third kappa shape index (κ3) is 3.19. The molecule has 0 spiro atoms. The summed E-state index contributed by atoms with van der Waals surface area (Å²) in [5.74, 6) is 0.664. The Morgan fingerprint density at radius 3 is 3.14 bits per heavy atom. The maximum Gasteiger partial charge on any atom is 0.354 e. The molecule has 118 valence electrons. The van der Waals surface area contributed by atoms with E-state index in [1.54, 1.807) is 6.20 Å². The van der Waals surface area contributed by atoms with Gasteiger partial charge in [-0.15, -0.1) is 0 Å². The Bertz CT molecular complexity index is 648. The lowest BCUT2D eigenvalue weighted by atomic mass is 9.97. The fraction of sp³-hybridized carbons (Fsp3) is 0.533. The molecular formula is C15H21N5O2. The fourth-order valence-corrected chi connectivity index (χ4v) is 3.18. The van der Waals surface area contributed by atoms with Crippen LogP contribution >= 0.6 is 0 Å². The van der Waals surface area contributed by atoms with Crippen molar-refractivity contribution < 1.29 is 9.90 Å². The highest BCUT2D eigenvalue weighted by Gasteiger charge is 2.23. The minimum Gasteiger partial charge on any atom is -0.477 e. The number of hydrogen-bond donors (Lipinski definition) is 2. The van der Waals surface area contributed by atoms with Crippen LogP contribution in [0, 0.1) is 12.8 Å².